The van der Waals surface area contributed by atoms with Crippen LogP contribution in [0.25, 0.3) is 33.9 Å². The molecule has 0 aliphatic rings. The summed E-state index contributed by atoms with van der Waals surface area (Å²) in [4.78, 5) is 42.7. The van der Waals surface area contributed by atoms with Crippen molar-refractivity contribution in [3.8, 4) is 22.7 Å². The number of benzene rings is 2. The zero-order valence-corrected chi connectivity index (χ0v) is 18.8. The number of rotatable bonds is 5. The highest BCUT2D eigenvalue weighted by atomic mass is 16.5. The lowest BCUT2D eigenvalue weighted by molar-refractivity contribution is -0.141. The van der Waals surface area contributed by atoms with Crippen LogP contribution >= 0.6 is 0 Å². The molecular formula is C24H21N5O5. The number of carbonyl (C=O) groups excluding carboxylic acids is 1. The van der Waals surface area contributed by atoms with Gasteiger partial charge in [-0.3, -0.25) is 23.1 Å². The first-order valence-electron chi connectivity index (χ1n) is 10.4. The van der Waals surface area contributed by atoms with Gasteiger partial charge in [0.15, 0.2) is 11.2 Å². The Hall–Kier alpha value is -4.60. The number of imidazole rings is 2. The quantitative estimate of drug-likeness (QED) is 0.373. The van der Waals surface area contributed by atoms with E-state index in [0.717, 1.165) is 21.5 Å². The number of hydrogen-bond donors (Lipinski definition) is 0. The first-order chi connectivity index (χ1) is 16.4. The highest BCUT2D eigenvalue weighted by molar-refractivity contribution is 5.80. The van der Waals surface area contributed by atoms with Crippen molar-refractivity contribution >= 4 is 22.9 Å². The molecule has 0 amide bonds. The molecular weight excluding hydrogens is 438 g/mol. The van der Waals surface area contributed by atoms with Crippen LogP contribution in [0.15, 0.2) is 70.4 Å². The van der Waals surface area contributed by atoms with Crippen molar-refractivity contribution in [2.24, 2.45) is 7.05 Å². The van der Waals surface area contributed by atoms with Gasteiger partial charge < -0.3 is 9.47 Å². The maximum absolute atomic E-state index is 13.4. The van der Waals surface area contributed by atoms with Crippen LogP contribution in [0.3, 0.4) is 0 Å². The van der Waals surface area contributed by atoms with Gasteiger partial charge in [0.25, 0.3) is 5.56 Å². The van der Waals surface area contributed by atoms with Gasteiger partial charge in [-0.05, 0) is 24.3 Å². The third-order valence-electron chi connectivity index (χ3n) is 5.76. The lowest BCUT2D eigenvalue weighted by Gasteiger charge is -2.10. The second kappa shape index (κ2) is 8.07. The maximum Gasteiger partial charge on any atom is 0.333 e. The number of ether oxygens (including phenoxy) is 2. The number of esters is 1. The molecule has 2 aromatic carbocycles. The van der Waals surface area contributed by atoms with E-state index in [1.807, 2.05) is 59.2 Å². The van der Waals surface area contributed by atoms with Gasteiger partial charge in [0.05, 0.1) is 19.9 Å². The molecule has 5 aromatic rings. The normalized spacial score (nSPS) is 11.3. The molecule has 0 saturated heterocycles. The minimum Gasteiger partial charge on any atom is -0.497 e. The summed E-state index contributed by atoms with van der Waals surface area (Å²) in [7, 11) is 4.31. The Bertz CT molecular complexity index is 1660. The van der Waals surface area contributed by atoms with E-state index >= 15 is 0 Å². The maximum atomic E-state index is 13.4. The van der Waals surface area contributed by atoms with Gasteiger partial charge >= 0.3 is 11.7 Å². The zero-order valence-electron chi connectivity index (χ0n) is 18.8. The first-order valence-corrected chi connectivity index (χ1v) is 10.4. The molecule has 0 saturated carbocycles. The Morgan fingerprint density at radius 3 is 2.35 bits per heavy atom. The molecule has 0 unspecified atom stereocenters. The molecule has 3 heterocycles. The average Bonchev–Trinajstić information content (AvgIpc) is 3.42. The SMILES string of the molecule is COC(=O)Cn1c(=O)c2c(nc3n(-c4ccc(OC)cc4)c(-c4ccccc4)cn23)n(C)c1=O. The summed E-state index contributed by atoms with van der Waals surface area (Å²) in [5.41, 5.74) is 1.63. The molecule has 5 rings (SSSR count). The molecule has 3 aromatic heterocycles. The molecule has 34 heavy (non-hydrogen) atoms. The fourth-order valence-electron chi connectivity index (χ4n) is 4.03. The van der Waals surface area contributed by atoms with E-state index in [-0.39, 0.29) is 11.2 Å². The molecule has 0 aliphatic heterocycles. The molecule has 0 N–H and O–H groups in total. The van der Waals surface area contributed by atoms with E-state index in [4.69, 9.17) is 4.74 Å². The second-order valence-electron chi connectivity index (χ2n) is 7.68. The molecule has 10 nitrogen and oxygen atoms in total. The van der Waals surface area contributed by atoms with Gasteiger partial charge in [-0.2, -0.15) is 4.98 Å². The number of hydrogen-bond acceptors (Lipinski definition) is 6. The van der Waals surface area contributed by atoms with Crippen molar-refractivity contribution in [2.75, 3.05) is 14.2 Å². The lowest BCUT2D eigenvalue weighted by Crippen LogP contribution is -2.41. The fraction of sp³-hybridized carbons (Fsp3) is 0.167. The summed E-state index contributed by atoms with van der Waals surface area (Å²) < 4.78 is 15.6. The molecule has 0 spiro atoms. The van der Waals surface area contributed by atoms with Crippen LogP contribution in [0.1, 0.15) is 0 Å². The van der Waals surface area contributed by atoms with Crippen molar-refractivity contribution < 1.29 is 14.3 Å². The van der Waals surface area contributed by atoms with Crippen LogP contribution < -0.4 is 16.0 Å². The summed E-state index contributed by atoms with van der Waals surface area (Å²) in [6.07, 6.45) is 1.80. The van der Waals surface area contributed by atoms with Gasteiger partial charge in [-0.25, -0.2) is 9.36 Å². The Kier molecular flexibility index (Phi) is 5.05. The Balaban J connectivity index is 1.88. The van der Waals surface area contributed by atoms with Crippen molar-refractivity contribution in [3.05, 3.63) is 81.6 Å². The van der Waals surface area contributed by atoms with Crippen molar-refractivity contribution in [1.29, 1.82) is 0 Å². The van der Waals surface area contributed by atoms with Crippen LogP contribution in [0, 0.1) is 0 Å². The molecule has 0 atom stereocenters. The van der Waals surface area contributed by atoms with Crippen LogP contribution in [0.4, 0.5) is 0 Å². The van der Waals surface area contributed by atoms with Gasteiger partial charge in [-0.15, -0.1) is 0 Å². The van der Waals surface area contributed by atoms with Crippen LogP contribution in [-0.2, 0) is 23.1 Å². The van der Waals surface area contributed by atoms with E-state index in [1.54, 1.807) is 17.7 Å². The molecule has 0 radical (unpaired) electrons. The Labute approximate surface area is 192 Å². The van der Waals surface area contributed by atoms with Crippen molar-refractivity contribution in [2.45, 2.75) is 6.54 Å². The summed E-state index contributed by atoms with van der Waals surface area (Å²) in [5, 5.41) is 0. The Morgan fingerprint density at radius 1 is 1.00 bits per heavy atom. The standard InChI is InChI=1S/C24H21N5O5/c1-26-21-20(22(31)28(24(26)32)14-19(30)34-3)27-13-18(15-7-5-4-6-8-15)29(23(27)25-21)16-9-11-17(33-2)12-10-16/h4-13H,14H2,1-3H3. The third-order valence-corrected chi connectivity index (χ3v) is 5.76. The lowest BCUT2D eigenvalue weighted by atomic mass is 10.1. The van der Waals surface area contributed by atoms with E-state index < -0.39 is 23.8 Å². The number of carbonyl (C=O) groups is 1. The largest absolute Gasteiger partial charge is 0.497 e. The summed E-state index contributed by atoms with van der Waals surface area (Å²) >= 11 is 0. The summed E-state index contributed by atoms with van der Waals surface area (Å²) in [6.45, 7) is -0.490. The third kappa shape index (κ3) is 3.19. The van der Waals surface area contributed by atoms with Crippen molar-refractivity contribution in [3.63, 3.8) is 0 Å². The van der Waals surface area contributed by atoms with Crippen LogP contribution in [0.5, 0.6) is 5.75 Å². The van der Waals surface area contributed by atoms with Gasteiger partial charge in [-0.1, -0.05) is 30.3 Å². The second-order valence-corrected chi connectivity index (χ2v) is 7.68. The van der Waals surface area contributed by atoms with E-state index in [2.05, 4.69) is 9.72 Å². The summed E-state index contributed by atoms with van der Waals surface area (Å²) in [6, 6.07) is 17.1. The van der Waals surface area contributed by atoms with Crippen LogP contribution in [0.2, 0.25) is 0 Å². The molecule has 10 heteroatoms. The van der Waals surface area contributed by atoms with E-state index in [0.29, 0.717) is 11.5 Å². The predicted molar refractivity (Wildman–Crippen MR) is 126 cm³/mol. The topological polar surface area (TPSA) is 102 Å². The minimum atomic E-state index is -0.694. The first kappa shape index (κ1) is 21.3. The molecule has 0 aliphatic carbocycles. The van der Waals surface area contributed by atoms with Gasteiger partial charge in [0.2, 0.25) is 5.78 Å². The number of aromatic nitrogens is 5. The number of fused-ring (bicyclic) bond motifs is 3. The molecule has 172 valence electrons. The van der Waals surface area contributed by atoms with Crippen molar-refractivity contribution in [1.82, 2.24) is 23.1 Å². The molecule has 0 fully saturated rings. The number of nitrogens with zero attached hydrogens (tertiary/aromatic N) is 5. The number of methoxy groups -OCH3 is 2. The van der Waals surface area contributed by atoms with Gasteiger partial charge in [0.1, 0.15) is 12.3 Å². The van der Waals surface area contributed by atoms with E-state index in [9.17, 15) is 14.4 Å². The number of aryl methyl sites for hydroxylation is 1. The minimum absolute atomic E-state index is 0.186. The van der Waals surface area contributed by atoms with Crippen LogP contribution in [-0.4, -0.2) is 43.3 Å². The predicted octanol–water partition coefficient (Wildman–Crippen LogP) is 1.99. The smallest absolute Gasteiger partial charge is 0.333 e. The molecule has 0 bridgehead atoms. The average molecular weight is 459 g/mol. The highest BCUT2D eigenvalue weighted by Gasteiger charge is 2.23. The fourth-order valence-corrected chi connectivity index (χ4v) is 4.03. The van der Waals surface area contributed by atoms with Gasteiger partial charge in [0, 0.05) is 24.5 Å². The zero-order chi connectivity index (χ0) is 24.0. The Morgan fingerprint density at radius 2 is 1.71 bits per heavy atom. The monoisotopic (exact) mass is 459 g/mol. The summed E-state index contributed by atoms with van der Waals surface area (Å²) in [5.74, 6) is 0.455. The highest BCUT2D eigenvalue weighted by Crippen LogP contribution is 2.29. The van der Waals surface area contributed by atoms with E-state index in [1.165, 1.54) is 18.7 Å².